The number of halogens is 1. The van der Waals surface area contributed by atoms with Gasteiger partial charge >= 0.3 is 0 Å². The summed E-state index contributed by atoms with van der Waals surface area (Å²) < 4.78 is 13.2. The fourth-order valence-corrected chi connectivity index (χ4v) is 5.13. The number of hydrogen-bond donors (Lipinski definition) is 3. The number of fused-ring (bicyclic) bond motifs is 1. The highest BCUT2D eigenvalue weighted by Crippen LogP contribution is 2.34. The number of benzene rings is 2. The molecule has 7 heteroatoms. The monoisotopic (exact) mass is 444 g/mol. The number of rotatable bonds is 7. The highest BCUT2D eigenvalue weighted by Gasteiger charge is 2.24. The molecule has 2 aromatic heterocycles. The van der Waals surface area contributed by atoms with Crippen molar-refractivity contribution in [2.45, 2.75) is 50.0 Å². The Hall–Kier alpha value is -3.32. The minimum absolute atomic E-state index is 0.146. The number of pyridine rings is 1. The predicted molar refractivity (Wildman–Crippen MR) is 128 cm³/mol. The molecule has 1 saturated carbocycles. The molecule has 6 nitrogen and oxygen atoms in total. The van der Waals surface area contributed by atoms with Gasteiger partial charge in [0.15, 0.2) is 5.65 Å². The Morgan fingerprint density at radius 1 is 1.03 bits per heavy atom. The fourth-order valence-electron chi connectivity index (χ4n) is 5.13. The Bertz CT molecular complexity index is 1180. The Morgan fingerprint density at radius 3 is 2.55 bits per heavy atom. The molecule has 0 bridgehead atoms. The standard InChI is InChI=1S/C26H29FN6/c27-20-10-6-17(7-11-20)18-8-12-21(13-9-18)29-15-14-22(19-4-2-1-3-5-19)23-16-24(28)30-26-25(23)31-33-32-26/h1-7,10-11,16,18,21-22,29H,8-9,12-15H2,(H3,28,30,31,32,33). The van der Waals surface area contributed by atoms with Crippen LogP contribution >= 0.6 is 0 Å². The van der Waals surface area contributed by atoms with Gasteiger partial charge in [-0.25, -0.2) is 14.5 Å². The number of aromatic nitrogens is 4. The average molecular weight is 445 g/mol. The Morgan fingerprint density at radius 2 is 1.79 bits per heavy atom. The normalized spacial score (nSPS) is 19.5. The minimum atomic E-state index is -0.166. The summed E-state index contributed by atoms with van der Waals surface area (Å²) in [6.07, 6.45) is 5.45. The topological polar surface area (TPSA) is 92.5 Å². The molecule has 0 aliphatic heterocycles. The second kappa shape index (κ2) is 9.67. The molecule has 1 aliphatic rings. The molecule has 1 unspecified atom stereocenters. The number of H-pyrrole nitrogens is 1. The molecule has 1 aliphatic carbocycles. The van der Waals surface area contributed by atoms with Gasteiger partial charge in [0.05, 0.1) is 0 Å². The largest absolute Gasteiger partial charge is 0.384 e. The lowest BCUT2D eigenvalue weighted by Gasteiger charge is -2.30. The maximum Gasteiger partial charge on any atom is 0.178 e. The van der Waals surface area contributed by atoms with Gasteiger partial charge in [-0.15, -0.1) is 5.10 Å². The molecule has 5 rings (SSSR count). The quantitative estimate of drug-likeness (QED) is 0.377. The molecule has 1 fully saturated rings. The summed E-state index contributed by atoms with van der Waals surface area (Å²) in [5, 5.41) is 14.8. The third-order valence-electron chi connectivity index (χ3n) is 6.86. The van der Waals surface area contributed by atoms with E-state index < -0.39 is 0 Å². The first-order valence-corrected chi connectivity index (χ1v) is 11.7. The van der Waals surface area contributed by atoms with Crippen LogP contribution in [-0.4, -0.2) is 33.0 Å². The van der Waals surface area contributed by atoms with Gasteiger partial charge in [0.1, 0.15) is 17.2 Å². The average Bonchev–Trinajstić information content (AvgIpc) is 3.31. The zero-order valence-corrected chi connectivity index (χ0v) is 18.5. The van der Waals surface area contributed by atoms with Gasteiger partial charge in [-0.2, -0.15) is 0 Å². The van der Waals surface area contributed by atoms with Crippen molar-refractivity contribution in [3.63, 3.8) is 0 Å². The van der Waals surface area contributed by atoms with Crippen LogP contribution in [0.3, 0.4) is 0 Å². The molecule has 4 N–H and O–H groups in total. The lowest BCUT2D eigenvalue weighted by molar-refractivity contribution is 0.340. The van der Waals surface area contributed by atoms with E-state index in [1.54, 1.807) is 12.1 Å². The van der Waals surface area contributed by atoms with Crippen molar-refractivity contribution in [1.29, 1.82) is 0 Å². The number of nitrogens with zero attached hydrogens (tertiary/aromatic N) is 3. The number of nitrogens with two attached hydrogens (primary N) is 1. The second-order valence-corrected chi connectivity index (χ2v) is 8.95. The van der Waals surface area contributed by atoms with E-state index >= 15 is 0 Å². The van der Waals surface area contributed by atoms with Crippen LogP contribution in [0.5, 0.6) is 0 Å². The van der Waals surface area contributed by atoms with E-state index in [-0.39, 0.29) is 11.7 Å². The third-order valence-corrected chi connectivity index (χ3v) is 6.86. The molecule has 4 aromatic rings. The maximum absolute atomic E-state index is 13.2. The van der Waals surface area contributed by atoms with E-state index in [1.807, 2.05) is 24.3 Å². The van der Waals surface area contributed by atoms with Crippen molar-refractivity contribution >= 4 is 17.0 Å². The van der Waals surface area contributed by atoms with Crippen molar-refractivity contribution in [3.8, 4) is 0 Å². The zero-order chi connectivity index (χ0) is 22.6. The van der Waals surface area contributed by atoms with Crippen LogP contribution < -0.4 is 11.1 Å². The van der Waals surface area contributed by atoms with Gasteiger partial charge in [0.2, 0.25) is 0 Å². The van der Waals surface area contributed by atoms with Crippen LogP contribution in [-0.2, 0) is 0 Å². The van der Waals surface area contributed by atoms with Gasteiger partial charge in [-0.05, 0) is 79.5 Å². The molecule has 1 atom stereocenters. The van der Waals surface area contributed by atoms with Crippen molar-refractivity contribution < 1.29 is 4.39 Å². The summed E-state index contributed by atoms with van der Waals surface area (Å²) in [4.78, 5) is 4.32. The molecule has 0 amide bonds. The summed E-state index contributed by atoms with van der Waals surface area (Å²) in [5.41, 5.74) is 11.0. The van der Waals surface area contributed by atoms with E-state index in [9.17, 15) is 4.39 Å². The summed E-state index contributed by atoms with van der Waals surface area (Å²) in [5.74, 6) is 0.977. The van der Waals surface area contributed by atoms with Gasteiger partial charge in [0, 0.05) is 12.0 Å². The Balaban J connectivity index is 1.25. The molecule has 0 saturated heterocycles. The molecule has 2 heterocycles. The van der Waals surface area contributed by atoms with Gasteiger partial charge in [-0.3, -0.25) is 0 Å². The molecule has 2 aromatic carbocycles. The number of nitrogens with one attached hydrogen (secondary N) is 2. The lowest BCUT2D eigenvalue weighted by Crippen LogP contribution is -2.34. The maximum atomic E-state index is 13.2. The SMILES string of the molecule is Nc1cc(C(CCNC2CCC(c3ccc(F)cc3)CC2)c2ccccc2)c2nn[nH]c2n1. The smallest absolute Gasteiger partial charge is 0.178 e. The van der Waals surface area contributed by atoms with E-state index in [0.717, 1.165) is 49.7 Å². The summed E-state index contributed by atoms with van der Waals surface area (Å²) in [6.45, 7) is 0.896. The minimum Gasteiger partial charge on any atom is -0.384 e. The van der Waals surface area contributed by atoms with Gasteiger partial charge in [0.25, 0.3) is 0 Å². The summed E-state index contributed by atoms with van der Waals surface area (Å²) in [6, 6.07) is 19.9. The molecular weight excluding hydrogens is 415 g/mol. The van der Waals surface area contributed by atoms with E-state index in [4.69, 9.17) is 5.73 Å². The number of anilines is 1. The summed E-state index contributed by atoms with van der Waals surface area (Å²) >= 11 is 0. The molecule has 33 heavy (non-hydrogen) atoms. The first-order chi connectivity index (χ1) is 16.2. The van der Waals surface area contributed by atoms with E-state index in [0.29, 0.717) is 23.4 Å². The third kappa shape index (κ3) is 4.88. The van der Waals surface area contributed by atoms with Crippen LogP contribution in [0.15, 0.2) is 60.7 Å². The lowest BCUT2D eigenvalue weighted by atomic mass is 9.81. The molecule has 170 valence electrons. The predicted octanol–water partition coefficient (Wildman–Crippen LogP) is 4.91. The first kappa shape index (κ1) is 21.5. The number of aromatic amines is 1. The highest BCUT2D eigenvalue weighted by molar-refractivity contribution is 5.77. The number of nitrogen functional groups attached to an aromatic ring is 1. The van der Waals surface area contributed by atoms with Crippen LogP contribution in [0.2, 0.25) is 0 Å². The van der Waals surface area contributed by atoms with Crippen molar-refractivity contribution in [2.24, 2.45) is 0 Å². The van der Waals surface area contributed by atoms with Crippen LogP contribution in [0.1, 0.15) is 60.6 Å². The Labute approximate surface area is 192 Å². The number of hydrogen-bond acceptors (Lipinski definition) is 5. The summed E-state index contributed by atoms with van der Waals surface area (Å²) in [7, 11) is 0. The molecule has 0 radical (unpaired) electrons. The fraction of sp³-hybridized carbons (Fsp3) is 0.346. The van der Waals surface area contributed by atoms with Crippen molar-refractivity contribution in [1.82, 2.24) is 25.7 Å². The van der Waals surface area contributed by atoms with Crippen LogP contribution in [0.4, 0.5) is 10.2 Å². The van der Waals surface area contributed by atoms with Crippen LogP contribution in [0.25, 0.3) is 11.2 Å². The second-order valence-electron chi connectivity index (χ2n) is 8.95. The van der Waals surface area contributed by atoms with Gasteiger partial charge < -0.3 is 11.1 Å². The zero-order valence-electron chi connectivity index (χ0n) is 18.5. The van der Waals surface area contributed by atoms with Gasteiger partial charge in [-0.1, -0.05) is 47.7 Å². The van der Waals surface area contributed by atoms with E-state index in [1.165, 1.54) is 11.1 Å². The van der Waals surface area contributed by atoms with E-state index in [2.05, 4.69) is 50.0 Å². The molecular formula is C26H29FN6. The highest BCUT2D eigenvalue weighted by atomic mass is 19.1. The van der Waals surface area contributed by atoms with Crippen LogP contribution in [0, 0.1) is 5.82 Å². The van der Waals surface area contributed by atoms with Crippen molar-refractivity contribution in [2.75, 3.05) is 12.3 Å². The Kier molecular flexibility index (Phi) is 6.30. The van der Waals surface area contributed by atoms with Crippen molar-refractivity contribution in [3.05, 3.63) is 83.2 Å². The first-order valence-electron chi connectivity index (χ1n) is 11.7. The molecule has 0 spiro atoms.